The Bertz CT molecular complexity index is 495. The number of furan rings is 1. The number of nitrogens with two attached hydrogens (primary N) is 1. The second kappa shape index (κ2) is 3.88. The molecule has 1 heterocycles. The van der Waals surface area contributed by atoms with Gasteiger partial charge >= 0.3 is 0 Å². The van der Waals surface area contributed by atoms with Crippen LogP contribution in [0.15, 0.2) is 21.2 Å². The molecule has 5 rings (SSSR count). The molecule has 0 amide bonds. The molecule has 4 bridgehead atoms. The van der Waals surface area contributed by atoms with E-state index in [0.29, 0.717) is 10.8 Å². The highest BCUT2D eigenvalue weighted by Crippen LogP contribution is 2.68. The van der Waals surface area contributed by atoms with Crippen LogP contribution in [0.3, 0.4) is 0 Å². The SMILES string of the molecule is CC12CC3CC(C1)CC(C(N)c1occc1Br)(C3)C2. The molecule has 0 radical (unpaired) electrons. The van der Waals surface area contributed by atoms with Gasteiger partial charge in [-0.2, -0.15) is 0 Å². The van der Waals surface area contributed by atoms with Crippen molar-refractivity contribution in [1.29, 1.82) is 0 Å². The predicted octanol–water partition coefficient (Wildman–Crippen LogP) is 4.65. The molecule has 0 aromatic carbocycles. The first kappa shape index (κ1) is 12.5. The summed E-state index contributed by atoms with van der Waals surface area (Å²) in [5.74, 6) is 2.78. The van der Waals surface area contributed by atoms with E-state index >= 15 is 0 Å². The first-order valence-corrected chi connectivity index (χ1v) is 8.28. The van der Waals surface area contributed by atoms with Crippen molar-refractivity contribution in [3.05, 3.63) is 22.6 Å². The normalized spacial score (nSPS) is 45.6. The molecule has 0 spiro atoms. The Morgan fingerprint density at radius 2 is 2.00 bits per heavy atom. The van der Waals surface area contributed by atoms with Crippen molar-refractivity contribution < 1.29 is 4.42 Å². The largest absolute Gasteiger partial charge is 0.466 e. The molecule has 4 aliphatic rings. The average molecular weight is 324 g/mol. The van der Waals surface area contributed by atoms with Crippen LogP contribution < -0.4 is 5.73 Å². The van der Waals surface area contributed by atoms with Gasteiger partial charge in [0.1, 0.15) is 5.76 Å². The van der Waals surface area contributed by atoms with Crippen LogP contribution in [0.5, 0.6) is 0 Å². The number of hydrogen-bond donors (Lipinski definition) is 1. The quantitative estimate of drug-likeness (QED) is 0.860. The van der Waals surface area contributed by atoms with Gasteiger partial charge in [-0.1, -0.05) is 6.92 Å². The topological polar surface area (TPSA) is 39.2 Å². The van der Waals surface area contributed by atoms with Gasteiger partial charge in [-0.3, -0.25) is 0 Å². The molecule has 1 aromatic rings. The Balaban J connectivity index is 1.72. The first-order chi connectivity index (χ1) is 9.00. The molecular weight excluding hydrogens is 302 g/mol. The highest BCUT2D eigenvalue weighted by atomic mass is 79.9. The van der Waals surface area contributed by atoms with Crippen LogP contribution in [0.4, 0.5) is 0 Å². The molecular formula is C16H22BrNO. The van der Waals surface area contributed by atoms with E-state index in [4.69, 9.17) is 10.2 Å². The van der Waals surface area contributed by atoms with Crippen LogP contribution in [-0.2, 0) is 0 Å². The summed E-state index contributed by atoms with van der Waals surface area (Å²) in [6, 6.07) is 2.03. The summed E-state index contributed by atoms with van der Waals surface area (Å²) >= 11 is 3.59. The second-order valence-corrected chi connectivity index (χ2v) is 8.60. The zero-order valence-corrected chi connectivity index (χ0v) is 13.1. The van der Waals surface area contributed by atoms with Gasteiger partial charge in [-0.05, 0) is 83.2 Å². The van der Waals surface area contributed by atoms with Crippen molar-refractivity contribution in [2.45, 2.75) is 51.5 Å². The highest BCUT2D eigenvalue weighted by molar-refractivity contribution is 9.10. The Morgan fingerprint density at radius 3 is 2.53 bits per heavy atom. The average Bonchev–Trinajstić information content (AvgIpc) is 2.71. The van der Waals surface area contributed by atoms with Gasteiger partial charge < -0.3 is 10.2 Å². The minimum absolute atomic E-state index is 0.0575. The van der Waals surface area contributed by atoms with Crippen LogP contribution >= 0.6 is 15.9 Å². The van der Waals surface area contributed by atoms with Crippen molar-refractivity contribution in [3.8, 4) is 0 Å². The van der Waals surface area contributed by atoms with Crippen molar-refractivity contribution in [2.24, 2.45) is 28.4 Å². The zero-order chi connectivity index (χ0) is 13.3. The second-order valence-electron chi connectivity index (χ2n) is 7.74. The summed E-state index contributed by atoms with van der Waals surface area (Å²) < 4.78 is 6.72. The van der Waals surface area contributed by atoms with Crippen LogP contribution in [0, 0.1) is 22.7 Å². The van der Waals surface area contributed by atoms with Crippen molar-refractivity contribution >= 4 is 15.9 Å². The molecule has 0 aliphatic heterocycles. The summed E-state index contributed by atoms with van der Waals surface area (Å²) in [6.45, 7) is 2.49. The van der Waals surface area contributed by atoms with Gasteiger partial charge in [0.25, 0.3) is 0 Å². The van der Waals surface area contributed by atoms with E-state index in [1.54, 1.807) is 6.26 Å². The molecule has 2 N–H and O–H groups in total. The molecule has 4 fully saturated rings. The number of halogens is 1. The van der Waals surface area contributed by atoms with Gasteiger partial charge in [0.05, 0.1) is 16.8 Å². The van der Waals surface area contributed by atoms with Crippen LogP contribution in [0.2, 0.25) is 0 Å². The lowest BCUT2D eigenvalue weighted by Crippen LogP contribution is -2.54. The van der Waals surface area contributed by atoms with E-state index in [0.717, 1.165) is 22.1 Å². The summed E-state index contributed by atoms with van der Waals surface area (Å²) in [5.41, 5.74) is 7.51. The third-order valence-electron chi connectivity index (χ3n) is 5.99. The minimum Gasteiger partial charge on any atom is -0.466 e. The lowest BCUT2D eigenvalue weighted by atomic mass is 9.43. The standard InChI is InChI=1S/C16H22BrNO/c1-15-5-10-4-11(6-15)8-16(7-10,9-15)14(18)13-12(17)2-3-19-13/h2-3,10-11,14H,4-9,18H2,1H3. The third kappa shape index (κ3) is 1.77. The monoisotopic (exact) mass is 323 g/mol. The first-order valence-electron chi connectivity index (χ1n) is 7.48. The fourth-order valence-electron chi connectivity index (χ4n) is 5.97. The van der Waals surface area contributed by atoms with Crippen LogP contribution in [0.1, 0.15) is 57.3 Å². The molecule has 2 nitrogen and oxygen atoms in total. The van der Waals surface area contributed by atoms with Crippen LogP contribution in [0.25, 0.3) is 0 Å². The Labute approximate surface area is 123 Å². The molecule has 4 aliphatic carbocycles. The maximum Gasteiger partial charge on any atom is 0.135 e. The van der Waals surface area contributed by atoms with E-state index < -0.39 is 0 Å². The van der Waals surface area contributed by atoms with Gasteiger partial charge in [0.2, 0.25) is 0 Å². The van der Waals surface area contributed by atoms with Gasteiger partial charge in [-0.25, -0.2) is 0 Å². The zero-order valence-electron chi connectivity index (χ0n) is 11.5. The van der Waals surface area contributed by atoms with Gasteiger partial charge in [0, 0.05) is 0 Å². The Hall–Kier alpha value is -0.280. The van der Waals surface area contributed by atoms with Gasteiger partial charge in [-0.15, -0.1) is 0 Å². The Kier molecular flexibility index (Phi) is 2.55. The molecule has 3 atom stereocenters. The van der Waals surface area contributed by atoms with Crippen molar-refractivity contribution in [3.63, 3.8) is 0 Å². The summed E-state index contributed by atoms with van der Waals surface area (Å²) in [4.78, 5) is 0. The van der Waals surface area contributed by atoms with E-state index in [1.165, 1.54) is 38.5 Å². The highest BCUT2D eigenvalue weighted by Gasteiger charge is 2.58. The summed E-state index contributed by atoms with van der Waals surface area (Å²) in [6.07, 6.45) is 9.97. The number of rotatable bonds is 2. The molecule has 19 heavy (non-hydrogen) atoms. The molecule has 0 saturated heterocycles. The molecule has 1 aromatic heterocycles. The lowest BCUT2D eigenvalue weighted by molar-refractivity contribution is -0.116. The molecule has 3 heteroatoms. The van der Waals surface area contributed by atoms with E-state index in [1.807, 2.05) is 6.07 Å². The summed E-state index contributed by atoms with van der Waals surface area (Å²) in [7, 11) is 0. The van der Waals surface area contributed by atoms with Crippen molar-refractivity contribution in [2.75, 3.05) is 0 Å². The maximum atomic E-state index is 6.67. The molecule has 4 saturated carbocycles. The van der Waals surface area contributed by atoms with Crippen molar-refractivity contribution in [1.82, 2.24) is 0 Å². The minimum atomic E-state index is 0.0575. The maximum absolute atomic E-state index is 6.67. The molecule has 104 valence electrons. The van der Waals surface area contributed by atoms with E-state index in [2.05, 4.69) is 22.9 Å². The smallest absolute Gasteiger partial charge is 0.135 e. The number of hydrogen-bond acceptors (Lipinski definition) is 2. The van der Waals surface area contributed by atoms with E-state index in [-0.39, 0.29) is 6.04 Å². The fourth-order valence-corrected chi connectivity index (χ4v) is 6.42. The summed E-state index contributed by atoms with van der Waals surface area (Å²) in [5, 5.41) is 0. The Morgan fingerprint density at radius 1 is 1.32 bits per heavy atom. The van der Waals surface area contributed by atoms with E-state index in [9.17, 15) is 0 Å². The predicted molar refractivity (Wildman–Crippen MR) is 78.6 cm³/mol. The van der Waals surface area contributed by atoms with Gasteiger partial charge in [0.15, 0.2) is 0 Å². The van der Waals surface area contributed by atoms with Crippen LogP contribution in [-0.4, -0.2) is 0 Å². The lowest BCUT2D eigenvalue weighted by Gasteiger charge is -2.62. The third-order valence-corrected chi connectivity index (χ3v) is 6.64. The molecule has 3 unspecified atom stereocenters. The fraction of sp³-hybridized carbons (Fsp3) is 0.750.